The molecule has 19 heavy (non-hydrogen) atoms. The molecule has 1 aliphatic heterocycles. The predicted octanol–water partition coefficient (Wildman–Crippen LogP) is 2.47. The van der Waals surface area contributed by atoms with Crippen molar-refractivity contribution in [3.05, 3.63) is 28.8 Å². The third-order valence-corrected chi connectivity index (χ3v) is 3.20. The predicted molar refractivity (Wildman–Crippen MR) is 69.4 cm³/mol. The van der Waals surface area contributed by atoms with Crippen LogP contribution in [0.3, 0.4) is 0 Å². The van der Waals surface area contributed by atoms with E-state index in [-0.39, 0.29) is 40.9 Å². The van der Waals surface area contributed by atoms with E-state index in [2.05, 4.69) is 0 Å². The average molecular weight is 282 g/mol. The van der Waals surface area contributed by atoms with Crippen molar-refractivity contribution in [3.8, 4) is 0 Å². The summed E-state index contributed by atoms with van der Waals surface area (Å²) in [5.74, 6) is -1.96. The SMILES string of the molecule is O=C(O)c1cc(Cl)ccc1N1C(=O)CCCCC1=O. The number of carboxylic acid groups (broad SMARTS) is 1. The standard InChI is InChI=1S/C13H12ClNO4/c14-8-5-6-10(9(7-8)13(18)19)15-11(16)3-1-2-4-12(15)17/h5-7H,1-4H2,(H,18,19). The average Bonchev–Trinajstić information content (AvgIpc) is 2.51. The topological polar surface area (TPSA) is 74.7 Å². The highest BCUT2D eigenvalue weighted by molar-refractivity contribution is 6.31. The number of aromatic carboxylic acids is 1. The zero-order valence-corrected chi connectivity index (χ0v) is 10.8. The molecule has 2 rings (SSSR count). The van der Waals surface area contributed by atoms with E-state index in [9.17, 15) is 14.4 Å². The second-order valence-electron chi connectivity index (χ2n) is 4.30. The van der Waals surface area contributed by atoms with Crippen LogP contribution in [0.1, 0.15) is 36.0 Å². The number of anilines is 1. The molecule has 1 aliphatic rings. The summed E-state index contributed by atoms with van der Waals surface area (Å²) in [5, 5.41) is 9.40. The molecule has 2 amide bonds. The first-order valence-electron chi connectivity index (χ1n) is 5.89. The highest BCUT2D eigenvalue weighted by Crippen LogP contribution is 2.28. The minimum absolute atomic E-state index is 0.0915. The zero-order chi connectivity index (χ0) is 14.0. The van der Waals surface area contributed by atoms with Crippen LogP contribution in [0.15, 0.2) is 18.2 Å². The Balaban J connectivity index is 2.52. The quantitative estimate of drug-likeness (QED) is 0.845. The Bertz CT molecular complexity index is 538. The third-order valence-electron chi connectivity index (χ3n) is 2.96. The van der Waals surface area contributed by atoms with E-state index in [0.29, 0.717) is 12.8 Å². The van der Waals surface area contributed by atoms with Crippen LogP contribution < -0.4 is 4.90 Å². The number of hydrogen-bond donors (Lipinski definition) is 1. The van der Waals surface area contributed by atoms with Gasteiger partial charge in [0.05, 0.1) is 11.3 Å². The molecule has 1 N–H and O–H groups in total. The van der Waals surface area contributed by atoms with Crippen LogP contribution in [0.4, 0.5) is 5.69 Å². The molecule has 0 aliphatic carbocycles. The Hall–Kier alpha value is -1.88. The van der Waals surface area contributed by atoms with E-state index >= 15 is 0 Å². The molecular weight excluding hydrogens is 270 g/mol. The highest BCUT2D eigenvalue weighted by Gasteiger charge is 2.29. The summed E-state index contributed by atoms with van der Waals surface area (Å²) in [6, 6.07) is 4.10. The number of rotatable bonds is 2. The van der Waals surface area contributed by atoms with E-state index < -0.39 is 5.97 Å². The van der Waals surface area contributed by atoms with Crippen LogP contribution in [0.2, 0.25) is 5.02 Å². The molecule has 0 bridgehead atoms. The van der Waals surface area contributed by atoms with Crippen LogP contribution in [0.5, 0.6) is 0 Å². The highest BCUT2D eigenvalue weighted by atomic mass is 35.5. The molecule has 1 aromatic carbocycles. The molecule has 1 heterocycles. The second kappa shape index (κ2) is 5.40. The first-order chi connectivity index (χ1) is 9.00. The van der Waals surface area contributed by atoms with Crippen molar-refractivity contribution >= 4 is 35.1 Å². The molecule has 1 fully saturated rings. The number of carbonyl (C=O) groups excluding carboxylic acids is 2. The molecule has 1 aromatic rings. The van der Waals surface area contributed by atoms with Crippen molar-refractivity contribution in [3.63, 3.8) is 0 Å². The summed E-state index contributed by atoms with van der Waals surface area (Å²) in [6.07, 6.45) is 1.76. The van der Waals surface area contributed by atoms with Gasteiger partial charge in [0.2, 0.25) is 11.8 Å². The summed E-state index contributed by atoms with van der Waals surface area (Å²) in [4.78, 5) is 36.1. The van der Waals surface area contributed by atoms with Crippen LogP contribution in [0, 0.1) is 0 Å². The lowest BCUT2D eigenvalue weighted by Crippen LogP contribution is -2.36. The summed E-state index contributed by atoms with van der Waals surface area (Å²) < 4.78 is 0. The smallest absolute Gasteiger partial charge is 0.337 e. The third kappa shape index (κ3) is 2.76. The summed E-state index contributed by atoms with van der Waals surface area (Å²) in [7, 11) is 0. The minimum atomic E-state index is -1.22. The van der Waals surface area contributed by atoms with Crippen molar-refractivity contribution in [2.24, 2.45) is 0 Å². The number of hydrogen-bond acceptors (Lipinski definition) is 3. The van der Waals surface area contributed by atoms with Gasteiger partial charge in [0.15, 0.2) is 0 Å². The van der Waals surface area contributed by atoms with Gasteiger partial charge < -0.3 is 5.11 Å². The van der Waals surface area contributed by atoms with Gasteiger partial charge in [0, 0.05) is 17.9 Å². The lowest BCUT2D eigenvalue weighted by atomic mass is 10.1. The molecule has 0 saturated carbocycles. The van der Waals surface area contributed by atoms with E-state index in [1.807, 2.05) is 0 Å². The number of amides is 2. The Morgan fingerprint density at radius 3 is 2.26 bits per heavy atom. The number of carbonyl (C=O) groups is 3. The maximum atomic E-state index is 12.0. The lowest BCUT2D eigenvalue weighted by Gasteiger charge is -2.20. The van der Waals surface area contributed by atoms with Crippen LogP contribution >= 0.6 is 11.6 Å². The van der Waals surface area contributed by atoms with Gasteiger partial charge in [-0.25, -0.2) is 9.69 Å². The van der Waals surface area contributed by atoms with Gasteiger partial charge in [-0.15, -0.1) is 0 Å². The van der Waals surface area contributed by atoms with Crippen molar-refractivity contribution in [1.82, 2.24) is 0 Å². The van der Waals surface area contributed by atoms with Crippen LogP contribution in [-0.4, -0.2) is 22.9 Å². The fraction of sp³-hybridized carbons (Fsp3) is 0.308. The first-order valence-corrected chi connectivity index (χ1v) is 6.27. The van der Waals surface area contributed by atoms with E-state index in [4.69, 9.17) is 16.7 Å². The van der Waals surface area contributed by atoms with Gasteiger partial charge in [0.1, 0.15) is 0 Å². The summed E-state index contributed by atoms with van der Waals surface area (Å²) in [5.41, 5.74) is -0.0510. The zero-order valence-electron chi connectivity index (χ0n) is 10.1. The van der Waals surface area contributed by atoms with E-state index in [0.717, 1.165) is 4.90 Å². The molecule has 0 unspecified atom stereocenters. The van der Waals surface area contributed by atoms with Gasteiger partial charge in [-0.05, 0) is 31.0 Å². The molecule has 0 aromatic heterocycles. The molecule has 5 nitrogen and oxygen atoms in total. The number of benzene rings is 1. The first kappa shape index (κ1) is 13.5. The van der Waals surface area contributed by atoms with Crippen molar-refractivity contribution < 1.29 is 19.5 Å². The number of imide groups is 1. The number of nitrogens with zero attached hydrogens (tertiary/aromatic N) is 1. The van der Waals surface area contributed by atoms with Crippen molar-refractivity contribution in [2.75, 3.05) is 4.90 Å². The molecule has 0 radical (unpaired) electrons. The maximum Gasteiger partial charge on any atom is 0.337 e. The fourth-order valence-corrected chi connectivity index (χ4v) is 2.23. The van der Waals surface area contributed by atoms with E-state index in [1.54, 1.807) is 0 Å². The van der Waals surface area contributed by atoms with Crippen molar-refractivity contribution in [2.45, 2.75) is 25.7 Å². The minimum Gasteiger partial charge on any atom is -0.478 e. The van der Waals surface area contributed by atoms with Crippen molar-refractivity contribution in [1.29, 1.82) is 0 Å². The molecule has 0 spiro atoms. The van der Waals surface area contributed by atoms with E-state index in [1.165, 1.54) is 18.2 Å². The molecule has 100 valence electrons. The molecule has 1 saturated heterocycles. The maximum absolute atomic E-state index is 12.0. The summed E-state index contributed by atoms with van der Waals surface area (Å²) in [6.45, 7) is 0. The van der Waals surface area contributed by atoms with Gasteiger partial charge in [-0.1, -0.05) is 11.6 Å². The Labute approximate surface area is 114 Å². The van der Waals surface area contributed by atoms with Gasteiger partial charge >= 0.3 is 5.97 Å². The number of carboxylic acids is 1. The van der Waals surface area contributed by atoms with Gasteiger partial charge in [-0.2, -0.15) is 0 Å². The lowest BCUT2D eigenvalue weighted by molar-refractivity contribution is -0.125. The molecular formula is C13H12ClNO4. The number of halogens is 1. The summed E-state index contributed by atoms with van der Waals surface area (Å²) >= 11 is 5.75. The van der Waals surface area contributed by atoms with Crippen LogP contribution in [-0.2, 0) is 9.59 Å². The second-order valence-corrected chi connectivity index (χ2v) is 4.73. The molecule has 0 atom stereocenters. The Morgan fingerprint density at radius 1 is 1.16 bits per heavy atom. The van der Waals surface area contributed by atoms with Gasteiger partial charge in [-0.3, -0.25) is 9.59 Å². The Kier molecular flexibility index (Phi) is 3.85. The Morgan fingerprint density at radius 2 is 1.74 bits per heavy atom. The van der Waals surface area contributed by atoms with Crippen LogP contribution in [0.25, 0.3) is 0 Å². The largest absolute Gasteiger partial charge is 0.478 e. The fourth-order valence-electron chi connectivity index (χ4n) is 2.06. The normalized spacial score (nSPS) is 16.4. The molecule has 6 heteroatoms. The van der Waals surface area contributed by atoms with Gasteiger partial charge in [0.25, 0.3) is 0 Å². The monoisotopic (exact) mass is 281 g/mol.